The standard InChI is InChI=1S/C16H24FNO2/c1-11(7-14-5-4-6-15(17)9-14)8-16(20)18-13(3)12(2)10-19/h4-6,9,11-13,19H,7-8,10H2,1-3H3,(H,18,20). The molecule has 0 bridgehead atoms. The molecule has 0 aliphatic rings. The first kappa shape index (κ1) is 16.6. The van der Waals surface area contributed by atoms with Crippen LogP contribution in [0.3, 0.4) is 0 Å². The molecule has 112 valence electrons. The predicted molar refractivity (Wildman–Crippen MR) is 77.7 cm³/mol. The van der Waals surface area contributed by atoms with Crippen molar-refractivity contribution >= 4 is 5.91 Å². The van der Waals surface area contributed by atoms with E-state index in [1.165, 1.54) is 12.1 Å². The Morgan fingerprint density at radius 3 is 2.65 bits per heavy atom. The molecule has 0 aliphatic heterocycles. The monoisotopic (exact) mass is 281 g/mol. The Bertz CT molecular complexity index is 436. The van der Waals surface area contributed by atoms with E-state index in [0.717, 1.165) is 5.56 Å². The highest BCUT2D eigenvalue weighted by Gasteiger charge is 2.16. The molecule has 1 amide bonds. The molecule has 0 aromatic heterocycles. The van der Waals surface area contributed by atoms with Crippen molar-refractivity contribution in [3.8, 4) is 0 Å². The van der Waals surface area contributed by atoms with Crippen LogP contribution in [0.2, 0.25) is 0 Å². The van der Waals surface area contributed by atoms with Crippen molar-refractivity contribution in [3.05, 3.63) is 35.6 Å². The summed E-state index contributed by atoms with van der Waals surface area (Å²) in [5.74, 6) is -0.0860. The molecule has 3 unspecified atom stereocenters. The number of hydrogen-bond donors (Lipinski definition) is 2. The second-order valence-corrected chi connectivity index (χ2v) is 5.66. The summed E-state index contributed by atoms with van der Waals surface area (Å²) < 4.78 is 13.1. The fourth-order valence-corrected chi connectivity index (χ4v) is 2.07. The molecule has 2 N–H and O–H groups in total. The molecule has 1 aromatic carbocycles. The van der Waals surface area contributed by atoms with Crippen molar-refractivity contribution < 1.29 is 14.3 Å². The zero-order valence-electron chi connectivity index (χ0n) is 12.4. The van der Waals surface area contributed by atoms with Gasteiger partial charge in [-0.15, -0.1) is 0 Å². The first-order valence-corrected chi connectivity index (χ1v) is 7.07. The third kappa shape index (κ3) is 5.70. The summed E-state index contributed by atoms with van der Waals surface area (Å²) in [6.45, 7) is 5.81. The highest BCUT2D eigenvalue weighted by Crippen LogP contribution is 2.13. The van der Waals surface area contributed by atoms with Gasteiger partial charge in [-0.05, 0) is 42.9 Å². The molecule has 1 aromatic rings. The van der Waals surface area contributed by atoms with Crippen LogP contribution in [0.25, 0.3) is 0 Å². The molecule has 0 aliphatic carbocycles. The molecule has 0 saturated carbocycles. The average Bonchev–Trinajstić information content (AvgIpc) is 2.37. The van der Waals surface area contributed by atoms with Gasteiger partial charge in [0.1, 0.15) is 5.82 Å². The Morgan fingerprint density at radius 1 is 1.35 bits per heavy atom. The molecular weight excluding hydrogens is 257 g/mol. The van der Waals surface area contributed by atoms with Gasteiger partial charge in [0.2, 0.25) is 5.91 Å². The summed E-state index contributed by atoms with van der Waals surface area (Å²) >= 11 is 0. The Balaban J connectivity index is 2.42. The third-order valence-electron chi connectivity index (χ3n) is 3.54. The zero-order valence-corrected chi connectivity index (χ0v) is 12.4. The van der Waals surface area contributed by atoms with Crippen molar-refractivity contribution in [3.63, 3.8) is 0 Å². The van der Waals surface area contributed by atoms with E-state index in [4.69, 9.17) is 5.11 Å². The molecule has 4 heteroatoms. The molecule has 0 spiro atoms. The van der Waals surface area contributed by atoms with Crippen LogP contribution in [0.15, 0.2) is 24.3 Å². The second kappa shape index (κ2) is 8.00. The number of rotatable bonds is 7. The van der Waals surface area contributed by atoms with Gasteiger partial charge in [0.25, 0.3) is 0 Å². The van der Waals surface area contributed by atoms with E-state index < -0.39 is 0 Å². The molecule has 0 fully saturated rings. The zero-order chi connectivity index (χ0) is 15.1. The summed E-state index contributed by atoms with van der Waals surface area (Å²) in [6.07, 6.45) is 1.08. The van der Waals surface area contributed by atoms with E-state index in [9.17, 15) is 9.18 Å². The van der Waals surface area contributed by atoms with Gasteiger partial charge >= 0.3 is 0 Å². The van der Waals surface area contributed by atoms with Gasteiger partial charge in [-0.3, -0.25) is 4.79 Å². The van der Waals surface area contributed by atoms with E-state index in [1.54, 1.807) is 6.07 Å². The van der Waals surface area contributed by atoms with Crippen LogP contribution in [0.1, 0.15) is 32.8 Å². The number of hydrogen-bond acceptors (Lipinski definition) is 2. The van der Waals surface area contributed by atoms with Gasteiger partial charge in [-0.25, -0.2) is 4.39 Å². The van der Waals surface area contributed by atoms with E-state index in [0.29, 0.717) is 12.8 Å². The first-order chi connectivity index (χ1) is 9.42. The van der Waals surface area contributed by atoms with Gasteiger partial charge < -0.3 is 10.4 Å². The van der Waals surface area contributed by atoms with Crippen molar-refractivity contribution in [2.24, 2.45) is 11.8 Å². The fourth-order valence-electron chi connectivity index (χ4n) is 2.07. The van der Waals surface area contributed by atoms with Crippen molar-refractivity contribution in [1.82, 2.24) is 5.32 Å². The van der Waals surface area contributed by atoms with Crippen LogP contribution in [0.4, 0.5) is 4.39 Å². The lowest BCUT2D eigenvalue weighted by molar-refractivity contribution is -0.122. The number of nitrogens with one attached hydrogen (secondary N) is 1. The third-order valence-corrected chi connectivity index (χ3v) is 3.54. The number of amides is 1. The van der Waals surface area contributed by atoms with Crippen LogP contribution in [0, 0.1) is 17.7 Å². The highest BCUT2D eigenvalue weighted by atomic mass is 19.1. The maximum atomic E-state index is 13.1. The van der Waals surface area contributed by atoms with Crippen molar-refractivity contribution in [2.75, 3.05) is 6.61 Å². The maximum absolute atomic E-state index is 13.1. The van der Waals surface area contributed by atoms with Gasteiger partial charge in [0, 0.05) is 19.1 Å². The van der Waals surface area contributed by atoms with Crippen LogP contribution in [0.5, 0.6) is 0 Å². The molecule has 3 atom stereocenters. The van der Waals surface area contributed by atoms with E-state index >= 15 is 0 Å². The lowest BCUT2D eigenvalue weighted by atomic mass is 9.97. The molecule has 3 nitrogen and oxygen atoms in total. The average molecular weight is 281 g/mol. The van der Waals surface area contributed by atoms with E-state index in [2.05, 4.69) is 5.32 Å². The van der Waals surface area contributed by atoms with Gasteiger partial charge in [-0.1, -0.05) is 26.0 Å². The lowest BCUT2D eigenvalue weighted by Gasteiger charge is -2.20. The number of aliphatic hydroxyl groups is 1. The summed E-state index contributed by atoms with van der Waals surface area (Å²) in [6, 6.07) is 6.42. The Hall–Kier alpha value is -1.42. The van der Waals surface area contributed by atoms with Crippen molar-refractivity contribution in [2.45, 2.75) is 39.7 Å². The molecule has 0 radical (unpaired) electrons. The van der Waals surface area contributed by atoms with Gasteiger partial charge in [-0.2, -0.15) is 0 Å². The van der Waals surface area contributed by atoms with E-state index in [-0.39, 0.29) is 36.2 Å². The number of benzene rings is 1. The summed E-state index contributed by atoms with van der Waals surface area (Å²) in [4.78, 5) is 11.9. The van der Waals surface area contributed by atoms with Crippen LogP contribution in [-0.4, -0.2) is 23.7 Å². The van der Waals surface area contributed by atoms with E-state index in [1.807, 2.05) is 26.8 Å². The largest absolute Gasteiger partial charge is 0.396 e. The SMILES string of the molecule is CC(CC(=O)NC(C)C(C)CO)Cc1cccc(F)c1. The molecular formula is C16H24FNO2. The number of aliphatic hydroxyl groups excluding tert-OH is 1. The van der Waals surface area contributed by atoms with Crippen molar-refractivity contribution in [1.29, 1.82) is 0 Å². The molecule has 1 rings (SSSR count). The van der Waals surface area contributed by atoms with Gasteiger partial charge in [0.05, 0.1) is 0 Å². The second-order valence-electron chi connectivity index (χ2n) is 5.66. The molecule has 0 saturated heterocycles. The normalized spacial score (nSPS) is 15.4. The highest BCUT2D eigenvalue weighted by molar-refractivity contribution is 5.76. The Kier molecular flexibility index (Phi) is 6.65. The molecule has 20 heavy (non-hydrogen) atoms. The first-order valence-electron chi connectivity index (χ1n) is 7.07. The van der Waals surface area contributed by atoms with Crippen LogP contribution in [-0.2, 0) is 11.2 Å². The smallest absolute Gasteiger partial charge is 0.220 e. The number of halogens is 1. The predicted octanol–water partition coefficient (Wildman–Crippen LogP) is 2.53. The minimum Gasteiger partial charge on any atom is -0.396 e. The number of carbonyl (C=O) groups excluding carboxylic acids is 1. The fraction of sp³-hybridized carbons (Fsp3) is 0.562. The lowest BCUT2D eigenvalue weighted by Crippen LogP contribution is -2.39. The summed E-state index contributed by atoms with van der Waals surface area (Å²) in [7, 11) is 0. The molecule has 0 heterocycles. The Morgan fingerprint density at radius 2 is 2.05 bits per heavy atom. The Labute approximate surface area is 120 Å². The summed E-state index contributed by atoms with van der Waals surface area (Å²) in [5, 5.41) is 11.9. The van der Waals surface area contributed by atoms with Crippen LogP contribution < -0.4 is 5.32 Å². The van der Waals surface area contributed by atoms with Crippen LogP contribution >= 0.6 is 0 Å². The topological polar surface area (TPSA) is 49.3 Å². The summed E-state index contributed by atoms with van der Waals surface area (Å²) in [5.41, 5.74) is 0.905. The quantitative estimate of drug-likeness (QED) is 0.807. The van der Waals surface area contributed by atoms with Gasteiger partial charge in [0.15, 0.2) is 0 Å². The maximum Gasteiger partial charge on any atom is 0.220 e. The number of carbonyl (C=O) groups is 1. The minimum atomic E-state index is -0.246. The minimum absolute atomic E-state index is 0.0262.